The van der Waals surface area contributed by atoms with Crippen molar-refractivity contribution in [2.75, 3.05) is 23.7 Å². The van der Waals surface area contributed by atoms with Crippen LogP contribution in [0.15, 0.2) is 24.4 Å². The van der Waals surface area contributed by atoms with Gasteiger partial charge in [0.05, 0.1) is 17.2 Å². The molecule has 140 valence electrons. The summed E-state index contributed by atoms with van der Waals surface area (Å²) in [5.41, 5.74) is 9.63. The molecule has 2 aromatic heterocycles. The number of aromatic amines is 1. The van der Waals surface area contributed by atoms with Crippen molar-refractivity contribution < 1.29 is 4.79 Å². The largest absolute Gasteiger partial charge is 0.382 e. The van der Waals surface area contributed by atoms with E-state index in [0.717, 1.165) is 48.3 Å². The molecule has 0 bridgehead atoms. The van der Waals surface area contributed by atoms with Crippen molar-refractivity contribution in [1.29, 1.82) is 0 Å². The predicted molar refractivity (Wildman–Crippen MR) is 105 cm³/mol. The van der Waals surface area contributed by atoms with E-state index in [0.29, 0.717) is 17.3 Å². The van der Waals surface area contributed by atoms with Crippen LogP contribution in [0.4, 0.5) is 11.6 Å². The minimum Gasteiger partial charge on any atom is -0.382 e. The third-order valence-corrected chi connectivity index (χ3v) is 4.88. The fourth-order valence-corrected chi connectivity index (χ4v) is 3.49. The average Bonchev–Trinajstić information content (AvgIpc) is 3.05. The van der Waals surface area contributed by atoms with Crippen LogP contribution in [0.5, 0.6) is 0 Å². The van der Waals surface area contributed by atoms with E-state index in [1.165, 1.54) is 0 Å². The van der Waals surface area contributed by atoms with Crippen molar-refractivity contribution in [3.05, 3.63) is 30.0 Å². The number of nitrogens with two attached hydrogens (primary N) is 1. The number of nitrogens with zero attached hydrogens (tertiary/aromatic N) is 4. The van der Waals surface area contributed by atoms with E-state index in [9.17, 15) is 4.79 Å². The number of imidazole rings is 1. The van der Waals surface area contributed by atoms with Crippen molar-refractivity contribution in [3.63, 3.8) is 0 Å². The first kappa shape index (κ1) is 17.3. The van der Waals surface area contributed by atoms with Gasteiger partial charge in [-0.3, -0.25) is 4.79 Å². The normalized spacial score (nSPS) is 15.3. The highest BCUT2D eigenvalue weighted by atomic mass is 16.1. The lowest BCUT2D eigenvalue weighted by Gasteiger charge is -2.32. The summed E-state index contributed by atoms with van der Waals surface area (Å²) in [6, 6.07) is 6.27. The van der Waals surface area contributed by atoms with Gasteiger partial charge in [0, 0.05) is 26.1 Å². The molecule has 3 aromatic rings. The Morgan fingerprint density at radius 2 is 2.07 bits per heavy atom. The van der Waals surface area contributed by atoms with Crippen molar-refractivity contribution in [2.24, 2.45) is 0 Å². The molecule has 1 aliphatic rings. The van der Waals surface area contributed by atoms with Gasteiger partial charge in [0.1, 0.15) is 5.82 Å². The molecule has 3 heterocycles. The number of nitrogen functional groups attached to an aromatic ring is 1. The Kier molecular flexibility index (Phi) is 4.39. The highest BCUT2D eigenvalue weighted by Crippen LogP contribution is 2.26. The number of hydrogen-bond donors (Lipinski definition) is 3. The number of benzene rings is 1. The van der Waals surface area contributed by atoms with E-state index in [2.05, 4.69) is 25.2 Å². The molecule has 0 unspecified atom stereocenters. The van der Waals surface area contributed by atoms with Crippen LogP contribution in [0.2, 0.25) is 0 Å². The molecule has 8 nitrogen and oxygen atoms in total. The molecular weight excluding hydrogens is 342 g/mol. The smallest absolute Gasteiger partial charge is 0.217 e. The minimum atomic E-state index is 0.0168. The van der Waals surface area contributed by atoms with Gasteiger partial charge in [0.15, 0.2) is 17.3 Å². The first-order valence-corrected chi connectivity index (χ1v) is 9.11. The monoisotopic (exact) mass is 365 g/mol. The highest BCUT2D eigenvalue weighted by Gasteiger charge is 2.22. The van der Waals surface area contributed by atoms with Gasteiger partial charge in [0.25, 0.3) is 0 Å². The number of aryl methyl sites for hydroxylation is 1. The topological polar surface area (TPSA) is 113 Å². The molecule has 0 saturated carbocycles. The Morgan fingerprint density at radius 3 is 2.81 bits per heavy atom. The van der Waals surface area contributed by atoms with E-state index in [1.807, 2.05) is 25.1 Å². The van der Waals surface area contributed by atoms with Crippen LogP contribution in [0, 0.1) is 6.92 Å². The van der Waals surface area contributed by atoms with Crippen LogP contribution in [-0.4, -0.2) is 45.0 Å². The van der Waals surface area contributed by atoms with Crippen molar-refractivity contribution in [2.45, 2.75) is 32.7 Å². The van der Waals surface area contributed by atoms with E-state index >= 15 is 0 Å². The zero-order chi connectivity index (χ0) is 19.0. The molecule has 1 aliphatic heterocycles. The fourth-order valence-electron chi connectivity index (χ4n) is 3.49. The Morgan fingerprint density at radius 1 is 1.30 bits per heavy atom. The number of fused-ring (bicyclic) bond motifs is 1. The van der Waals surface area contributed by atoms with Crippen LogP contribution in [-0.2, 0) is 4.79 Å². The molecule has 0 radical (unpaired) electrons. The Bertz CT molecular complexity index is 989. The highest BCUT2D eigenvalue weighted by molar-refractivity contribution is 5.81. The van der Waals surface area contributed by atoms with Gasteiger partial charge in [-0.1, -0.05) is 6.07 Å². The second kappa shape index (κ2) is 6.86. The number of piperidine rings is 1. The van der Waals surface area contributed by atoms with Gasteiger partial charge < -0.3 is 20.9 Å². The number of rotatable bonds is 3. The van der Waals surface area contributed by atoms with Crippen LogP contribution in [0.25, 0.3) is 22.6 Å². The number of aromatic nitrogens is 4. The Labute approximate surface area is 157 Å². The summed E-state index contributed by atoms with van der Waals surface area (Å²) in [4.78, 5) is 30.4. The average molecular weight is 365 g/mol. The predicted octanol–water partition coefficient (Wildman–Crippen LogP) is 2.02. The molecule has 1 fully saturated rings. The second-order valence-corrected chi connectivity index (χ2v) is 7.03. The van der Waals surface area contributed by atoms with Gasteiger partial charge in [-0.05, 0) is 37.5 Å². The Balaban J connectivity index is 1.59. The molecule has 1 amide bonds. The Hall–Kier alpha value is -3.16. The first-order chi connectivity index (χ1) is 13.0. The van der Waals surface area contributed by atoms with Crippen molar-refractivity contribution in [3.8, 4) is 11.5 Å². The van der Waals surface area contributed by atoms with Crippen LogP contribution < -0.4 is 16.0 Å². The zero-order valence-electron chi connectivity index (χ0n) is 15.5. The maximum atomic E-state index is 11.2. The van der Waals surface area contributed by atoms with Gasteiger partial charge >= 0.3 is 0 Å². The minimum absolute atomic E-state index is 0.0168. The number of amides is 1. The molecule has 0 spiro atoms. The van der Waals surface area contributed by atoms with E-state index in [-0.39, 0.29) is 11.9 Å². The van der Waals surface area contributed by atoms with E-state index < -0.39 is 0 Å². The van der Waals surface area contributed by atoms with Crippen molar-refractivity contribution in [1.82, 2.24) is 25.3 Å². The van der Waals surface area contributed by atoms with Crippen LogP contribution >= 0.6 is 0 Å². The van der Waals surface area contributed by atoms with E-state index in [1.54, 1.807) is 13.1 Å². The number of anilines is 2. The number of nitrogens with one attached hydrogen (secondary N) is 2. The van der Waals surface area contributed by atoms with Gasteiger partial charge in [-0.15, -0.1) is 0 Å². The second-order valence-electron chi connectivity index (χ2n) is 7.03. The van der Waals surface area contributed by atoms with Gasteiger partial charge in [-0.2, -0.15) is 0 Å². The number of carbonyl (C=O) groups is 1. The summed E-state index contributed by atoms with van der Waals surface area (Å²) < 4.78 is 0. The maximum Gasteiger partial charge on any atom is 0.217 e. The quantitative estimate of drug-likeness (QED) is 0.654. The molecule has 0 aliphatic carbocycles. The maximum absolute atomic E-state index is 11.2. The van der Waals surface area contributed by atoms with Gasteiger partial charge in [-0.25, -0.2) is 15.0 Å². The number of hydrogen-bond acceptors (Lipinski definition) is 6. The van der Waals surface area contributed by atoms with E-state index in [4.69, 9.17) is 10.7 Å². The molecule has 4 rings (SSSR count). The van der Waals surface area contributed by atoms with Crippen molar-refractivity contribution >= 4 is 28.6 Å². The van der Waals surface area contributed by atoms with Crippen LogP contribution in [0.1, 0.15) is 25.3 Å². The fraction of sp³-hybridized carbons (Fsp3) is 0.368. The van der Waals surface area contributed by atoms with Gasteiger partial charge in [0.2, 0.25) is 5.91 Å². The third kappa shape index (κ3) is 3.55. The summed E-state index contributed by atoms with van der Waals surface area (Å²) in [7, 11) is 0. The standard InChI is InChI=1S/C19H23N7O/c1-11-3-4-14-15(9-11)24-19(23-14)17-18(20)21-10-16(25-17)26-7-5-13(6-8-26)22-12(2)27/h3-4,9-10,13H,5-8H2,1-2H3,(H2,20,21)(H,22,27)(H,23,24). The molecule has 8 heteroatoms. The lowest BCUT2D eigenvalue weighted by molar-refractivity contribution is -0.119. The number of carbonyl (C=O) groups excluding carboxylic acids is 1. The molecule has 0 atom stereocenters. The zero-order valence-corrected chi connectivity index (χ0v) is 15.5. The lowest BCUT2D eigenvalue weighted by atomic mass is 10.1. The third-order valence-electron chi connectivity index (χ3n) is 4.88. The van der Waals surface area contributed by atoms with Crippen LogP contribution in [0.3, 0.4) is 0 Å². The SMILES string of the molecule is CC(=O)NC1CCN(c2cnc(N)c(-c3nc4ccc(C)cc4[nH]3)n2)CC1. The molecule has 27 heavy (non-hydrogen) atoms. The number of H-pyrrole nitrogens is 1. The lowest BCUT2D eigenvalue weighted by Crippen LogP contribution is -2.44. The summed E-state index contributed by atoms with van der Waals surface area (Å²) in [5.74, 6) is 1.76. The molecule has 1 aromatic carbocycles. The summed E-state index contributed by atoms with van der Waals surface area (Å²) in [6.45, 7) is 5.21. The summed E-state index contributed by atoms with van der Waals surface area (Å²) >= 11 is 0. The molecular formula is C19H23N7O. The molecule has 4 N–H and O–H groups in total. The summed E-state index contributed by atoms with van der Waals surface area (Å²) in [5, 5.41) is 2.98. The summed E-state index contributed by atoms with van der Waals surface area (Å²) in [6.07, 6.45) is 3.46. The first-order valence-electron chi connectivity index (χ1n) is 9.11. The molecule has 1 saturated heterocycles.